The van der Waals surface area contributed by atoms with E-state index in [1.54, 1.807) is 37.3 Å². The Hall–Kier alpha value is -3.01. The summed E-state index contributed by atoms with van der Waals surface area (Å²) in [4.78, 5) is 40.4. The Morgan fingerprint density at radius 1 is 0.800 bits per heavy atom. The highest BCUT2D eigenvalue weighted by Crippen LogP contribution is 2.36. The lowest BCUT2D eigenvalue weighted by Gasteiger charge is -2.31. The van der Waals surface area contributed by atoms with Crippen LogP contribution in [0.4, 0.5) is 5.69 Å². The Morgan fingerprint density at radius 2 is 1.37 bits per heavy atom. The number of amides is 2. The van der Waals surface area contributed by atoms with Crippen molar-refractivity contribution in [2.45, 2.75) is 59.3 Å². The number of nitrogens with zero attached hydrogens (tertiary/aromatic N) is 1. The Bertz CT molecular complexity index is 989. The molecule has 2 aromatic rings. The van der Waals surface area contributed by atoms with Crippen molar-refractivity contribution in [1.82, 2.24) is 0 Å². The lowest BCUT2D eigenvalue weighted by molar-refractivity contribution is -0.122. The fourth-order valence-corrected chi connectivity index (χ4v) is 3.13. The molecule has 30 heavy (non-hydrogen) atoms. The van der Waals surface area contributed by atoms with Crippen LogP contribution >= 0.6 is 0 Å². The summed E-state index contributed by atoms with van der Waals surface area (Å²) in [5.74, 6) is -2.20. The van der Waals surface area contributed by atoms with Gasteiger partial charge in [0.15, 0.2) is 0 Å². The number of ketones is 1. The lowest BCUT2D eigenvalue weighted by atomic mass is 9.80. The van der Waals surface area contributed by atoms with Gasteiger partial charge in [-0.2, -0.15) is 0 Å². The van der Waals surface area contributed by atoms with E-state index in [2.05, 4.69) is 27.4 Å². The molecule has 0 aromatic heterocycles. The lowest BCUT2D eigenvalue weighted by Crippen LogP contribution is -2.43. The number of anilines is 1. The van der Waals surface area contributed by atoms with Gasteiger partial charge in [0.2, 0.25) is 0 Å². The van der Waals surface area contributed by atoms with Gasteiger partial charge in [-0.3, -0.25) is 14.4 Å². The maximum atomic E-state index is 13.3. The smallest absolute Gasteiger partial charge is 0.283 e. The summed E-state index contributed by atoms with van der Waals surface area (Å²) < 4.78 is 0. The van der Waals surface area contributed by atoms with Gasteiger partial charge in [0.25, 0.3) is 11.7 Å². The minimum absolute atomic E-state index is 0.185. The van der Waals surface area contributed by atoms with Crippen LogP contribution in [0.15, 0.2) is 60.7 Å². The van der Waals surface area contributed by atoms with Crippen LogP contribution in [0.3, 0.4) is 0 Å². The molecule has 0 spiro atoms. The second-order valence-corrected chi connectivity index (χ2v) is 9.65. The number of carbonyl (C=O) groups excluding carboxylic acids is 3. The predicted octanol–water partition coefficient (Wildman–Crippen LogP) is 5.60. The molecule has 2 amide bonds. The largest absolute Gasteiger partial charge is 0.306 e. The highest BCUT2D eigenvalue weighted by molar-refractivity contribution is 6.51. The molecule has 0 aliphatic rings. The van der Waals surface area contributed by atoms with E-state index in [0.717, 1.165) is 16.0 Å². The second kappa shape index (κ2) is 8.39. The summed E-state index contributed by atoms with van der Waals surface area (Å²) in [6, 6.07) is 14.1. The zero-order chi connectivity index (χ0) is 22.9. The van der Waals surface area contributed by atoms with Crippen molar-refractivity contribution < 1.29 is 14.4 Å². The topological polar surface area (TPSA) is 54.5 Å². The molecule has 0 radical (unpaired) electrons. The van der Waals surface area contributed by atoms with Crippen molar-refractivity contribution >= 4 is 23.3 Å². The minimum Gasteiger partial charge on any atom is -0.283 e. The predicted molar refractivity (Wildman–Crippen MR) is 122 cm³/mol. The van der Waals surface area contributed by atoms with E-state index in [1.165, 1.54) is 0 Å². The molecule has 158 valence electrons. The van der Waals surface area contributed by atoms with Gasteiger partial charge in [-0.1, -0.05) is 90.6 Å². The minimum atomic E-state index is -0.884. The van der Waals surface area contributed by atoms with Crippen LogP contribution in [0.5, 0.6) is 0 Å². The third kappa shape index (κ3) is 4.93. The van der Waals surface area contributed by atoms with Crippen molar-refractivity contribution in [2.24, 2.45) is 0 Å². The first-order chi connectivity index (χ1) is 13.7. The van der Waals surface area contributed by atoms with E-state index in [0.29, 0.717) is 5.69 Å². The Morgan fingerprint density at radius 3 is 1.83 bits per heavy atom. The molecule has 0 saturated heterocycles. The summed E-state index contributed by atoms with van der Waals surface area (Å²) in [5, 5.41) is 0. The van der Waals surface area contributed by atoms with Crippen LogP contribution in [0.2, 0.25) is 0 Å². The van der Waals surface area contributed by atoms with Gasteiger partial charge < -0.3 is 0 Å². The Kier molecular flexibility index (Phi) is 6.51. The van der Waals surface area contributed by atoms with Gasteiger partial charge in [0, 0.05) is 11.1 Å². The van der Waals surface area contributed by atoms with Crippen LogP contribution in [0.25, 0.3) is 0 Å². The first-order valence-electron chi connectivity index (χ1n) is 10.0. The molecule has 0 heterocycles. The molecule has 4 nitrogen and oxygen atoms in total. The zero-order valence-electron chi connectivity index (χ0n) is 19.0. The van der Waals surface area contributed by atoms with E-state index in [9.17, 15) is 14.4 Å². The number of imide groups is 1. The standard InChI is InChI=1S/C26H31NO3/c1-17(2)23(29)27(24(30)22(28)18-12-10-9-11-13-18)21-16-19(25(3,4)5)14-15-20(21)26(6,7)8/h9-16H,1H2,2-8H3. The molecule has 0 saturated carbocycles. The average Bonchev–Trinajstić information content (AvgIpc) is 2.66. The quantitative estimate of drug-likeness (QED) is 0.378. The molecule has 0 atom stereocenters. The molecule has 0 N–H and O–H groups in total. The fourth-order valence-electron chi connectivity index (χ4n) is 3.13. The molecule has 2 rings (SSSR count). The first kappa shape index (κ1) is 23.3. The first-order valence-corrected chi connectivity index (χ1v) is 10.0. The van der Waals surface area contributed by atoms with Gasteiger partial charge in [0.05, 0.1) is 5.69 Å². The van der Waals surface area contributed by atoms with Gasteiger partial charge in [-0.25, -0.2) is 4.90 Å². The third-order valence-electron chi connectivity index (χ3n) is 4.91. The summed E-state index contributed by atoms with van der Waals surface area (Å²) in [5.41, 5.74) is 2.07. The number of hydrogen-bond donors (Lipinski definition) is 0. The summed E-state index contributed by atoms with van der Waals surface area (Å²) in [6.45, 7) is 17.5. The second-order valence-electron chi connectivity index (χ2n) is 9.65. The van der Waals surface area contributed by atoms with Crippen LogP contribution in [-0.2, 0) is 20.4 Å². The molecule has 0 fully saturated rings. The number of benzene rings is 2. The van der Waals surface area contributed by atoms with Crippen molar-refractivity contribution in [3.63, 3.8) is 0 Å². The fraction of sp³-hybridized carbons (Fsp3) is 0.346. The number of carbonyl (C=O) groups is 3. The normalized spacial score (nSPS) is 11.7. The van der Waals surface area contributed by atoms with E-state index in [-0.39, 0.29) is 22.0 Å². The van der Waals surface area contributed by atoms with Crippen LogP contribution in [0.1, 0.15) is 70.0 Å². The van der Waals surface area contributed by atoms with E-state index in [1.807, 2.05) is 39.0 Å². The van der Waals surface area contributed by atoms with Crippen molar-refractivity contribution in [3.05, 3.63) is 77.4 Å². The van der Waals surface area contributed by atoms with Crippen LogP contribution in [-0.4, -0.2) is 17.6 Å². The van der Waals surface area contributed by atoms with Gasteiger partial charge in [-0.15, -0.1) is 0 Å². The van der Waals surface area contributed by atoms with Gasteiger partial charge in [0.1, 0.15) is 0 Å². The number of rotatable bonds is 4. The van der Waals surface area contributed by atoms with Gasteiger partial charge >= 0.3 is 5.91 Å². The molecule has 0 aliphatic heterocycles. The van der Waals surface area contributed by atoms with E-state index >= 15 is 0 Å². The summed E-state index contributed by atoms with van der Waals surface area (Å²) in [6.07, 6.45) is 0. The van der Waals surface area contributed by atoms with Crippen molar-refractivity contribution in [3.8, 4) is 0 Å². The summed E-state index contributed by atoms with van der Waals surface area (Å²) in [7, 11) is 0. The van der Waals surface area contributed by atoms with Crippen molar-refractivity contribution in [2.75, 3.05) is 4.90 Å². The van der Waals surface area contributed by atoms with E-state index in [4.69, 9.17) is 0 Å². The average molecular weight is 406 g/mol. The molecule has 0 bridgehead atoms. The molecular weight excluding hydrogens is 374 g/mol. The SMILES string of the molecule is C=C(C)C(=O)N(C(=O)C(=O)c1ccccc1)c1cc(C(C)(C)C)ccc1C(C)(C)C. The third-order valence-corrected chi connectivity index (χ3v) is 4.91. The number of Topliss-reactive ketones (excluding diaryl/α,β-unsaturated/α-hetero) is 1. The molecule has 0 unspecified atom stereocenters. The maximum Gasteiger partial charge on any atom is 0.306 e. The van der Waals surface area contributed by atoms with Crippen LogP contribution in [0, 0.1) is 0 Å². The van der Waals surface area contributed by atoms with Gasteiger partial charge in [-0.05, 0) is 34.9 Å². The monoisotopic (exact) mass is 405 g/mol. The van der Waals surface area contributed by atoms with E-state index < -0.39 is 17.6 Å². The highest BCUT2D eigenvalue weighted by Gasteiger charge is 2.34. The Labute approximate surface area is 179 Å². The molecule has 4 heteroatoms. The zero-order valence-corrected chi connectivity index (χ0v) is 19.0. The Balaban J connectivity index is 2.76. The molecule has 2 aromatic carbocycles. The van der Waals surface area contributed by atoms with Crippen molar-refractivity contribution in [1.29, 1.82) is 0 Å². The summed E-state index contributed by atoms with van der Waals surface area (Å²) >= 11 is 0. The highest BCUT2D eigenvalue weighted by atomic mass is 16.2. The van der Waals surface area contributed by atoms with Crippen LogP contribution < -0.4 is 4.90 Å². The molecule has 0 aliphatic carbocycles. The molecular formula is C26H31NO3. The number of hydrogen-bond acceptors (Lipinski definition) is 3. The maximum absolute atomic E-state index is 13.3.